The van der Waals surface area contributed by atoms with E-state index in [9.17, 15) is 9.18 Å². The van der Waals surface area contributed by atoms with E-state index in [-0.39, 0.29) is 17.3 Å². The van der Waals surface area contributed by atoms with Gasteiger partial charge in [0.25, 0.3) is 5.91 Å². The topological polar surface area (TPSA) is 41.1 Å². The molecule has 1 heterocycles. The first-order chi connectivity index (χ1) is 8.50. The molecule has 1 aromatic rings. The summed E-state index contributed by atoms with van der Waals surface area (Å²) < 4.78 is 13.2. The third-order valence-corrected chi connectivity index (χ3v) is 3.57. The van der Waals surface area contributed by atoms with Gasteiger partial charge in [0.05, 0.1) is 0 Å². The van der Waals surface area contributed by atoms with Gasteiger partial charge in [0.1, 0.15) is 5.82 Å². The van der Waals surface area contributed by atoms with Crippen LogP contribution in [-0.2, 0) is 0 Å². The maximum Gasteiger partial charge on any atom is 0.252 e. The van der Waals surface area contributed by atoms with Crippen molar-refractivity contribution in [1.82, 2.24) is 10.6 Å². The Morgan fingerprint density at radius 3 is 2.72 bits per heavy atom. The van der Waals surface area contributed by atoms with Gasteiger partial charge < -0.3 is 10.6 Å². The van der Waals surface area contributed by atoms with Crippen LogP contribution in [0, 0.1) is 12.7 Å². The van der Waals surface area contributed by atoms with Gasteiger partial charge in [-0.1, -0.05) is 6.07 Å². The van der Waals surface area contributed by atoms with E-state index in [1.165, 1.54) is 12.1 Å². The molecule has 2 N–H and O–H groups in total. The van der Waals surface area contributed by atoms with Gasteiger partial charge in [-0.2, -0.15) is 0 Å². The van der Waals surface area contributed by atoms with Gasteiger partial charge >= 0.3 is 0 Å². The number of piperidine rings is 1. The quantitative estimate of drug-likeness (QED) is 0.843. The Balaban J connectivity index is 2.14. The van der Waals surface area contributed by atoms with E-state index in [1.54, 1.807) is 6.07 Å². The van der Waals surface area contributed by atoms with E-state index < -0.39 is 0 Å². The lowest BCUT2D eigenvalue weighted by Crippen LogP contribution is -2.52. The molecule has 18 heavy (non-hydrogen) atoms. The van der Waals surface area contributed by atoms with Crippen molar-refractivity contribution in [3.63, 3.8) is 0 Å². The summed E-state index contributed by atoms with van der Waals surface area (Å²) in [6.07, 6.45) is 1.79. The first-order valence-electron chi connectivity index (χ1n) is 6.30. The second-order valence-electron chi connectivity index (χ2n) is 5.22. The van der Waals surface area contributed by atoms with Gasteiger partial charge in [0.2, 0.25) is 0 Å². The normalized spacial score (nSPS) is 18.4. The highest BCUT2D eigenvalue weighted by Gasteiger charge is 2.29. The zero-order valence-electron chi connectivity index (χ0n) is 10.8. The van der Waals surface area contributed by atoms with Crippen LogP contribution >= 0.6 is 0 Å². The molecule has 1 aromatic carbocycles. The lowest BCUT2D eigenvalue weighted by Gasteiger charge is -2.35. The second-order valence-corrected chi connectivity index (χ2v) is 5.22. The van der Waals surface area contributed by atoms with Crippen molar-refractivity contribution in [2.24, 2.45) is 0 Å². The molecular weight excluding hydrogens is 231 g/mol. The lowest BCUT2D eigenvalue weighted by atomic mass is 9.90. The van der Waals surface area contributed by atoms with Crippen LogP contribution in [0.1, 0.15) is 35.7 Å². The Morgan fingerprint density at radius 2 is 2.06 bits per heavy atom. The number of hydrogen-bond donors (Lipinski definition) is 2. The molecule has 98 valence electrons. The molecule has 0 bridgehead atoms. The van der Waals surface area contributed by atoms with Gasteiger partial charge in [-0.25, -0.2) is 4.39 Å². The van der Waals surface area contributed by atoms with Crippen LogP contribution in [0.4, 0.5) is 4.39 Å². The molecule has 0 spiro atoms. The summed E-state index contributed by atoms with van der Waals surface area (Å²) in [7, 11) is 0. The molecule has 1 amide bonds. The number of rotatable bonds is 2. The zero-order valence-corrected chi connectivity index (χ0v) is 10.8. The number of aryl methyl sites for hydroxylation is 1. The van der Waals surface area contributed by atoms with Crippen molar-refractivity contribution >= 4 is 5.91 Å². The number of halogens is 1. The zero-order chi connectivity index (χ0) is 13.2. The van der Waals surface area contributed by atoms with E-state index in [0.29, 0.717) is 5.56 Å². The predicted octanol–water partition coefficient (Wildman–Crippen LogP) is 2.01. The summed E-state index contributed by atoms with van der Waals surface area (Å²) in [6, 6.07) is 4.31. The highest BCUT2D eigenvalue weighted by molar-refractivity contribution is 5.96. The van der Waals surface area contributed by atoms with E-state index in [1.807, 2.05) is 13.8 Å². The van der Waals surface area contributed by atoms with Crippen LogP contribution in [0.25, 0.3) is 0 Å². The van der Waals surface area contributed by atoms with Crippen LogP contribution in [-0.4, -0.2) is 24.5 Å². The molecule has 0 saturated carbocycles. The smallest absolute Gasteiger partial charge is 0.252 e. The fourth-order valence-corrected chi connectivity index (χ4v) is 2.28. The Labute approximate surface area is 107 Å². The van der Waals surface area contributed by atoms with E-state index in [2.05, 4.69) is 10.6 Å². The first kappa shape index (κ1) is 13.0. The van der Waals surface area contributed by atoms with E-state index >= 15 is 0 Å². The molecule has 1 saturated heterocycles. The standard InChI is InChI=1S/C14H19FN2O/c1-10-3-4-11(15)9-12(10)13(18)17-14(2)5-7-16-8-6-14/h3-4,9,16H,5-8H2,1-2H3,(H,17,18). The van der Waals surface area contributed by atoms with Crippen LogP contribution in [0.3, 0.4) is 0 Å². The molecule has 0 aromatic heterocycles. The molecular formula is C14H19FN2O. The highest BCUT2D eigenvalue weighted by atomic mass is 19.1. The summed E-state index contributed by atoms with van der Waals surface area (Å²) in [4.78, 5) is 12.2. The summed E-state index contributed by atoms with van der Waals surface area (Å²) >= 11 is 0. The molecule has 0 unspecified atom stereocenters. The fourth-order valence-electron chi connectivity index (χ4n) is 2.28. The van der Waals surface area contributed by atoms with Gasteiger partial charge in [-0.3, -0.25) is 4.79 Å². The number of nitrogens with one attached hydrogen (secondary N) is 2. The fraction of sp³-hybridized carbons (Fsp3) is 0.500. The SMILES string of the molecule is Cc1ccc(F)cc1C(=O)NC1(C)CCNCC1. The van der Waals surface area contributed by atoms with Crippen molar-refractivity contribution in [2.75, 3.05) is 13.1 Å². The van der Waals surface area contributed by atoms with Crippen molar-refractivity contribution in [3.05, 3.63) is 35.1 Å². The Hall–Kier alpha value is -1.42. The van der Waals surface area contributed by atoms with E-state index in [4.69, 9.17) is 0 Å². The summed E-state index contributed by atoms with van der Waals surface area (Å²) in [6.45, 7) is 5.66. The average molecular weight is 250 g/mol. The third-order valence-electron chi connectivity index (χ3n) is 3.57. The number of hydrogen-bond acceptors (Lipinski definition) is 2. The minimum absolute atomic E-state index is 0.184. The summed E-state index contributed by atoms with van der Waals surface area (Å²) in [5.74, 6) is -0.558. The largest absolute Gasteiger partial charge is 0.347 e. The predicted molar refractivity (Wildman–Crippen MR) is 69.1 cm³/mol. The van der Waals surface area contributed by atoms with Gasteiger partial charge in [0, 0.05) is 11.1 Å². The molecule has 4 heteroatoms. The average Bonchev–Trinajstić information content (AvgIpc) is 2.32. The van der Waals surface area contributed by atoms with Crippen molar-refractivity contribution in [3.8, 4) is 0 Å². The number of carbonyl (C=O) groups is 1. The number of amides is 1. The maximum absolute atomic E-state index is 13.2. The molecule has 0 atom stereocenters. The molecule has 3 nitrogen and oxygen atoms in total. The number of carbonyl (C=O) groups excluding carboxylic acids is 1. The van der Waals surface area contributed by atoms with Crippen LogP contribution < -0.4 is 10.6 Å². The van der Waals surface area contributed by atoms with Crippen molar-refractivity contribution in [1.29, 1.82) is 0 Å². The molecule has 2 rings (SSSR count). The van der Waals surface area contributed by atoms with Crippen LogP contribution in [0.15, 0.2) is 18.2 Å². The third kappa shape index (κ3) is 2.88. The van der Waals surface area contributed by atoms with Gasteiger partial charge in [0.15, 0.2) is 0 Å². The summed E-state index contributed by atoms with van der Waals surface area (Å²) in [5.41, 5.74) is 1.03. The van der Waals surface area contributed by atoms with Crippen LogP contribution in [0.5, 0.6) is 0 Å². The Morgan fingerprint density at radius 1 is 1.39 bits per heavy atom. The van der Waals surface area contributed by atoms with Gasteiger partial charge in [-0.15, -0.1) is 0 Å². The van der Waals surface area contributed by atoms with Crippen LogP contribution in [0.2, 0.25) is 0 Å². The maximum atomic E-state index is 13.2. The van der Waals surface area contributed by atoms with Crippen molar-refractivity contribution < 1.29 is 9.18 Å². The van der Waals surface area contributed by atoms with Gasteiger partial charge in [-0.05, 0) is 57.5 Å². The first-order valence-corrected chi connectivity index (χ1v) is 6.30. The number of benzene rings is 1. The minimum Gasteiger partial charge on any atom is -0.347 e. The molecule has 1 aliphatic heterocycles. The molecule has 1 aliphatic rings. The second kappa shape index (κ2) is 5.06. The Bertz CT molecular complexity index is 453. The lowest BCUT2D eigenvalue weighted by molar-refractivity contribution is 0.0886. The monoisotopic (exact) mass is 250 g/mol. The molecule has 0 aliphatic carbocycles. The molecule has 1 fully saturated rings. The van der Waals surface area contributed by atoms with E-state index in [0.717, 1.165) is 31.5 Å². The highest BCUT2D eigenvalue weighted by Crippen LogP contribution is 2.19. The minimum atomic E-state index is -0.374. The Kier molecular flexibility index (Phi) is 3.66. The summed E-state index contributed by atoms with van der Waals surface area (Å²) in [5, 5.41) is 6.30. The van der Waals surface area contributed by atoms with Crippen molar-refractivity contribution in [2.45, 2.75) is 32.2 Å². The molecule has 0 radical (unpaired) electrons.